The van der Waals surface area contributed by atoms with Crippen LogP contribution in [0.5, 0.6) is 0 Å². The molecular weight excluding hydrogens is 592 g/mol. The van der Waals surface area contributed by atoms with Crippen molar-refractivity contribution >= 4 is 30.0 Å². The molecule has 0 radical (unpaired) electrons. The van der Waals surface area contributed by atoms with Crippen molar-refractivity contribution in [1.29, 1.82) is 0 Å². The van der Waals surface area contributed by atoms with Gasteiger partial charge in [0.05, 0.1) is 12.6 Å². The average Bonchev–Trinajstić information content (AvgIpc) is 2.97. The van der Waals surface area contributed by atoms with Crippen molar-refractivity contribution in [2.75, 3.05) is 26.2 Å². The third kappa shape index (κ3) is 13.7. The zero-order chi connectivity index (χ0) is 34.4. The van der Waals surface area contributed by atoms with Crippen LogP contribution in [0.3, 0.4) is 0 Å². The molecule has 12 heteroatoms. The molecule has 1 heterocycles. The van der Waals surface area contributed by atoms with Crippen LogP contribution in [-0.4, -0.2) is 89.7 Å². The van der Waals surface area contributed by atoms with Crippen LogP contribution in [0.2, 0.25) is 0 Å². The maximum absolute atomic E-state index is 14.0. The smallest absolute Gasteiger partial charge is 0.410 e. The number of hydrogen-bond donors (Lipinski definition) is 2. The number of amides is 4. The molecule has 0 aliphatic carbocycles. The maximum atomic E-state index is 14.0. The summed E-state index contributed by atoms with van der Waals surface area (Å²) in [5, 5.41) is 5.56. The van der Waals surface area contributed by atoms with E-state index in [-0.39, 0.29) is 44.0 Å². The first-order valence-electron chi connectivity index (χ1n) is 16.3. The fraction of sp³-hybridized carbons (Fsp3) is 0.676. The topological polar surface area (TPSA) is 144 Å². The van der Waals surface area contributed by atoms with Crippen molar-refractivity contribution in [3.05, 3.63) is 35.9 Å². The first kappa shape index (κ1) is 38.4. The Kier molecular flexibility index (Phi) is 15.3. The van der Waals surface area contributed by atoms with Gasteiger partial charge in [-0.3, -0.25) is 19.3 Å². The molecule has 0 aromatic heterocycles. The molecular formula is C34H54N4O8. The molecule has 2 N–H and O–H groups in total. The summed E-state index contributed by atoms with van der Waals surface area (Å²) in [5.41, 5.74) is 0.0653. The summed E-state index contributed by atoms with van der Waals surface area (Å²) in [6.07, 6.45) is 0.486. The van der Waals surface area contributed by atoms with Gasteiger partial charge >= 0.3 is 18.2 Å². The van der Waals surface area contributed by atoms with Crippen LogP contribution in [0.15, 0.2) is 30.3 Å². The first-order chi connectivity index (χ1) is 21.6. The standard InChI is InChI=1S/C34H54N4O8/c1-9-44-29(39)21-38(33(43)45-22-25-14-11-10-12-15-25)26-16-13-17-37(20-26)31(41)28(19-24(4)5)35-30(40)27(18-23(2)3)36-32(42)46-34(6,7)8/h10-12,14-15,23-24,26-28H,9,13,16-22H2,1-8H3,(H,35,40)(H,36,42)/t26-,27-,28-/m0/s1. The van der Waals surface area contributed by atoms with Crippen molar-refractivity contribution in [3.63, 3.8) is 0 Å². The third-order valence-electron chi connectivity index (χ3n) is 7.23. The summed E-state index contributed by atoms with van der Waals surface area (Å²) >= 11 is 0. The highest BCUT2D eigenvalue weighted by atomic mass is 16.6. The van der Waals surface area contributed by atoms with Crippen molar-refractivity contribution in [1.82, 2.24) is 20.4 Å². The van der Waals surface area contributed by atoms with Gasteiger partial charge in [0.15, 0.2) is 0 Å². The van der Waals surface area contributed by atoms with Gasteiger partial charge in [-0.25, -0.2) is 9.59 Å². The quantitative estimate of drug-likeness (QED) is 0.220. The minimum Gasteiger partial charge on any atom is -0.465 e. The van der Waals surface area contributed by atoms with Crippen LogP contribution in [0.25, 0.3) is 0 Å². The third-order valence-corrected chi connectivity index (χ3v) is 7.23. The number of nitrogens with zero attached hydrogens (tertiary/aromatic N) is 2. The number of nitrogens with one attached hydrogen (secondary N) is 2. The van der Waals surface area contributed by atoms with E-state index in [1.165, 1.54) is 4.90 Å². The second-order valence-corrected chi connectivity index (χ2v) is 13.6. The summed E-state index contributed by atoms with van der Waals surface area (Å²) in [6, 6.07) is 6.97. The normalized spacial score (nSPS) is 16.3. The highest BCUT2D eigenvalue weighted by molar-refractivity contribution is 5.91. The second-order valence-electron chi connectivity index (χ2n) is 13.6. The molecule has 1 aromatic rings. The maximum Gasteiger partial charge on any atom is 0.410 e. The number of carbonyl (C=O) groups is 5. The average molecular weight is 647 g/mol. The van der Waals surface area contributed by atoms with Crippen molar-refractivity contribution in [2.24, 2.45) is 11.8 Å². The number of piperidine rings is 1. The monoisotopic (exact) mass is 646 g/mol. The van der Waals surface area contributed by atoms with Crippen LogP contribution in [0.4, 0.5) is 9.59 Å². The Balaban J connectivity index is 2.21. The number of esters is 1. The number of rotatable bonds is 14. The molecule has 0 bridgehead atoms. The molecule has 1 saturated heterocycles. The molecule has 4 amide bonds. The van der Waals surface area contributed by atoms with E-state index >= 15 is 0 Å². The first-order valence-corrected chi connectivity index (χ1v) is 16.3. The molecule has 2 rings (SSSR count). The van der Waals surface area contributed by atoms with Gasteiger partial charge in [-0.1, -0.05) is 58.0 Å². The van der Waals surface area contributed by atoms with Crippen LogP contribution in [-0.2, 0) is 35.2 Å². The van der Waals surface area contributed by atoms with Crippen LogP contribution in [0, 0.1) is 11.8 Å². The van der Waals surface area contributed by atoms with Gasteiger partial charge in [0.2, 0.25) is 11.8 Å². The van der Waals surface area contributed by atoms with Gasteiger partial charge in [0, 0.05) is 13.1 Å². The zero-order valence-corrected chi connectivity index (χ0v) is 28.8. The number of hydrogen-bond acceptors (Lipinski definition) is 8. The highest BCUT2D eigenvalue weighted by Crippen LogP contribution is 2.20. The Labute approximate surface area is 273 Å². The van der Waals surface area contributed by atoms with Gasteiger partial charge in [0.1, 0.15) is 30.8 Å². The molecule has 0 saturated carbocycles. The van der Waals surface area contributed by atoms with E-state index in [4.69, 9.17) is 14.2 Å². The lowest BCUT2D eigenvalue weighted by Gasteiger charge is -2.40. The molecule has 1 aliphatic rings. The molecule has 46 heavy (non-hydrogen) atoms. The number of carbonyl (C=O) groups excluding carboxylic acids is 5. The minimum atomic E-state index is -0.897. The lowest BCUT2D eigenvalue weighted by molar-refractivity contribution is -0.145. The van der Waals surface area contributed by atoms with E-state index in [0.717, 1.165) is 5.56 Å². The second kappa shape index (κ2) is 18.3. The van der Waals surface area contributed by atoms with Crippen LogP contribution in [0.1, 0.15) is 86.6 Å². The molecule has 0 spiro atoms. The highest BCUT2D eigenvalue weighted by Gasteiger charge is 2.37. The largest absolute Gasteiger partial charge is 0.465 e. The Hall–Kier alpha value is -3.83. The molecule has 258 valence electrons. The predicted octanol–water partition coefficient (Wildman–Crippen LogP) is 4.65. The molecule has 1 fully saturated rings. The van der Waals surface area contributed by atoms with E-state index < -0.39 is 47.8 Å². The molecule has 3 atom stereocenters. The van der Waals surface area contributed by atoms with E-state index in [2.05, 4.69) is 10.6 Å². The number of benzene rings is 1. The fourth-order valence-corrected chi connectivity index (χ4v) is 5.24. The summed E-state index contributed by atoms with van der Waals surface area (Å²) in [5.74, 6) is -1.17. The van der Waals surface area contributed by atoms with Crippen LogP contribution >= 0.6 is 0 Å². The van der Waals surface area contributed by atoms with Gasteiger partial charge in [-0.2, -0.15) is 0 Å². The van der Waals surface area contributed by atoms with E-state index in [9.17, 15) is 24.0 Å². The molecule has 0 unspecified atom stereocenters. The summed E-state index contributed by atoms with van der Waals surface area (Å²) < 4.78 is 16.1. The summed E-state index contributed by atoms with van der Waals surface area (Å²) in [4.78, 5) is 68.8. The van der Waals surface area contributed by atoms with Crippen LogP contribution < -0.4 is 10.6 Å². The minimum absolute atomic E-state index is 0.0335. The molecule has 1 aromatic carbocycles. The number of ether oxygens (including phenoxy) is 3. The molecule has 1 aliphatic heterocycles. The van der Waals surface area contributed by atoms with Crippen molar-refractivity contribution in [3.8, 4) is 0 Å². The predicted molar refractivity (Wildman–Crippen MR) is 174 cm³/mol. The zero-order valence-electron chi connectivity index (χ0n) is 28.8. The van der Waals surface area contributed by atoms with Gasteiger partial charge in [-0.15, -0.1) is 0 Å². The van der Waals surface area contributed by atoms with E-state index in [0.29, 0.717) is 32.2 Å². The lowest BCUT2D eigenvalue weighted by Crippen LogP contribution is -2.58. The SMILES string of the molecule is CCOC(=O)CN(C(=O)OCc1ccccc1)[C@H]1CCCN(C(=O)[C@H](CC(C)C)NC(=O)[C@H](CC(C)C)NC(=O)OC(C)(C)C)C1. The van der Waals surface area contributed by atoms with Gasteiger partial charge in [0.25, 0.3) is 0 Å². The van der Waals surface area contributed by atoms with E-state index in [1.54, 1.807) is 32.6 Å². The van der Waals surface area contributed by atoms with Crippen molar-refractivity contribution < 1.29 is 38.2 Å². The Morgan fingerprint density at radius 3 is 2.15 bits per heavy atom. The Morgan fingerprint density at radius 1 is 0.935 bits per heavy atom. The summed E-state index contributed by atoms with van der Waals surface area (Å²) in [7, 11) is 0. The van der Waals surface area contributed by atoms with Crippen molar-refractivity contribution in [2.45, 2.75) is 111 Å². The van der Waals surface area contributed by atoms with Gasteiger partial charge < -0.3 is 29.7 Å². The fourth-order valence-electron chi connectivity index (χ4n) is 5.24. The van der Waals surface area contributed by atoms with Gasteiger partial charge in [-0.05, 0) is 70.8 Å². The Morgan fingerprint density at radius 2 is 1.57 bits per heavy atom. The Bertz CT molecular complexity index is 1150. The lowest BCUT2D eigenvalue weighted by atomic mass is 9.98. The number of alkyl carbamates (subject to hydrolysis) is 1. The number of likely N-dealkylation sites (tertiary alicyclic amines) is 1. The molecule has 12 nitrogen and oxygen atoms in total. The van der Waals surface area contributed by atoms with E-state index in [1.807, 2.05) is 58.0 Å². The summed E-state index contributed by atoms with van der Waals surface area (Å²) in [6.45, 7) is 15.2.